The van der Waals surface area contributed by atoms with Gasteiger partial charge in [0, 0.05) is 19.3 Å². The lowest BCUT2D eigenvalue weighted by atomic mass is 10.1. The number of carbonyl (C=O) groups excluding carboxylic acids is 3. The summed E-state index contributed by atoms with van der Waals surface area (Å²) in [6.07, 6.45) is 68.2. The zero-order chi connectivity index (χ0) is 48.6. The Balaban J connectivity index is 4.23. The van der Waals surface area contributed by atoms with Crippen LogP contribution in [0.4, 0.5) is 0 Å². The lowest BCUT2D eigenvalue weighted by Gasteiger charge is -2.18. The number of rotatable bonds is 53. The minimum absolute atomic E-state index is 0.0748. The number of esters is 3. The third-order valence-corrected chi connectivity index (χ3v) is 12.8. The van der Waals surface area contributed by atoms with Crippen LogP contribution in [0.15, 0.2) is 48.6 Å². The lowest BCUT2D eigenvalue weighted by Crippen LogP contribution is -2.30. The zero-order valence-corrected chi connectivity index (χ0v) is 44.7. The molecule has 0 saturated carbocycles. The molecule has 0 aliphatic heterocycles. The maximum absolute atomic E-state index is 12.8. The first-order valence-electron chi connectivity index (χ1n) is 29.1. The fourth-order valence-corrected chi connectivity index (χ4v) is 8.39. The van der Waals surface area contributed by atoms with Crippen molar-refractivity contribution in [3.63, 3.8) is 0 Å². The van der Waals surface area contributed by atoms with Crippen LogP contribution in [0.5, 0.6) is 0 Å². The minimum Gasteiger partial charge on any atom is -0.462 e. The summed E-state index contributed by atoms with van der Waals surface area (Å²) in [6.45, 7) is 6.62. The Morgan fingerprint density at radius 3 is 0.851 bits per heavy atom. The molecule has 0 rings (SSSR count). The van der Waals surface area contributed by atoms with Crippen molar-refractivity contribution in [3.8, 4) is 0 Å². The van der Waals surface area contributed by atoms with Gasteiger partial charge in [-0.25, -0.2) is 0 Å². The highest BCUT2D eigenvalue weighted by Gasteiger charge is 2.19. The van der Waals surface area contributed by atoms with Crippen LogP contribution >= 0.6 is 0 Å². The van der Waals surface area contributed by atoms with Gasteiger partial charge >= 0.3 is 17.9 Å². The number of carbonyl (C=O) groups is 3. The molecule has 0 bridgehead atoms. The molecule has 6 heteroatoms. The van der Waals surface area contributed by atoms with Crippen LogP contribution in [0, 0.1) is 0 Å². The van der Waals surface area contributed by atoms with Gasteiger partial charge < -0.3 is 14.2 Å². The summed E-state index contributed by atoms with van der Waals surface area (Å²) < 4.78 is 16.8. The van der Waals surface area contributed by atoms with Crippen LogP contribution in [0.1, 0.15) is 303 Å². The Bertz CT molecular complexity index is 1170. The van der Waals surface area contributed by atoms with Crippen molar-refractivity contribution in [2.45, 2.75) is 309 Å². The molecular weight excluding hydrogens is 829 g/mol. The summed E-state index contributed by atoms with van der Waals surface area (Å²) in [5, 5.41) is 0. The van der Waals surface area contributed by atoms with Gasteiger partial charge in [0.25, 0.3) is 0 Å². The van der Waals surface area contributed by atoms with Gasteiger partial charge in [-0.15, -0.1) is 0 Å². The summed E-state index contributed by atoms with van der Waals surface area (Å²) in [6, 6.07) is 0. The molecule has 0 aromatic heterocycles. The Labute approximate surface area is 416 Å². The highest BCUT2D eigenvalue weighted by Crippen LogP contribution is 2.16. The molecular formula is C61H110O6. The Hall–Kier alpha value is -2.63. The first kappa shape index (κ1) is 64.4. The number of unbranched alkanes of at least 4 members (excludes halogenated alkanes) is 34. The van der Waals surface area contributed by atoms with Gasteiger partial charge in [-0.05, 0) is 83.5 Å². The summed E-state index contributed by atoms with van der Waals surface area (Å²) in [5.74, 6) is -0.877. The summed E-state index contributed by atoms with van der Waals surface area (Å²) in [4.78, 5) is 38.0. The minimum atomic E-state index is -0.775. The molecule has 0 amide bonds. The molecule has 0 fully saturated rings. The topological polar surface area (TPSA) is 78.9 Å². The van der Waals surface area contributed by atoms with Crippen molar-refractivity contribution in [2.24, 2.45) is 0 Å². The normalized spacial score (nSPS) is 12.3. The van der Waals surface area contributed by atoms with Crippen molar-refractivity contribution < 1.29 is 28.6 Å². The van der Waals surface area contributed by atoms with Gasteiger partial charge in [-0.1, -0.05) is 249 Å². The van der Waals surface area contributed by atoms with Gasteiger partial charge in [0.2, 0.25) is 0 Å². The third kappa shape index (κ3) is 54.2. The van der Waals surface area contributed by atoms with Crippen LogP contribution in [0.2, 0.25) is 0 Å². The molecule has 6 nitrogen and oxygen atoms in total. The van der Waals surface area contributed by atoms with E-state index in [1.54, 1.807) is 0 Å². The van der Waals surface area contributed by atoms with E-state index in [4.69, 9.17) is 14.2 Å². The van der Waals surface area contributed by atoms with Crippen LogP contribution in [-0.2, 0) is 28.6 Å². The third-order valence-electron chi connectivity index (χ3n) is 12.8. The van der Waals surface area contributed by atoms with Gasteiger partial charge in [0.05, 0.1) is 0 Å². The van der Waals surface area contributed by atoms with Crippen LogP contribution < -0.4 is 0 Å². The average Bonchev–Trinajstić information content (AvgIpc) is 3.33. The molecule has 0 heterocycles. The molecule has 0 aromatic rings. The van der Waals surface area contributed by atoms with E-state index in [1.807, 2.05) is 0 Å². The predicted octanol–water partition coefficient (Wildman–Crippen LogP) is 19.4. The van der Waals surface area contributed by atoms with Crippen molar-refractivity contribution in [2.75, 3.05) is 13.2 Å². The molecule has 0 radical (unpaired) electrons. The highest BCUT2D eigenvalue weighted by atomic mass is 16.6. The summed E-state index contributed by atoms with van der Waals surface area (Å²) >= 11 is 0. The van der Waals surface area contributed by atoms with Gasteiger partial charge in [-0.3, -0.25) is 14.4 Å². The van der Waals surface area contributed by atoms with E-state index in [1.165, 1.54) is 186 Å². The first-order valence-corrected chi connectivity index (χ1v) is 29.1. The second kappa shape index (κ2) is 56.0. The fourth-order valence-electron chi connectivity index (χ4n) is 8.39. The molecule has 1 atom stereocenters. The Kier molecular flexibility index (Phi) is 53.8. The number of ether oxygens (including phenoxy) is 3. The molecule has 390 valence electrons. The monoisotopic (exact) mass is 939 g/mol. The quantitative estimate of drug-likeness (QED) is 0.0262. The van der Waals surface area contributed by atoms with E-state index in [2.05, 4.69) is 69.4 Å². The van der Waals surface area contributed by atoms with E-state index in [-0.39, 0.29) is 31.1 Å². The molecule has 0 N–H and O–H groups in total. The van der Waals surface area contributed by atoms with Gasteiger partial charge in [-0.2, -0.15) is 0 Å². The van der Waals surface area contributed by atoms with Crippen LogP contribution in [-0.4, -0.2) is 37.2 Å². The second-order valence-corrected chi connectivity index (χ2v) is 19.6. The molecule has 0 spiro atoms. The second-order valence-electron chi connectivity index (χ2n) is 19.6. The largest absolute Gasteiger partial charge is 0.462 e. The first-order chi connectivity index (χ1) is 33.0. The average molecular weight is 940 g/mol. The van der Waals surface area contributed by atoms with Crippen LogP contribution in [0.3, 0.4) is 0 Å². The van der Waals surface area contributed by atoms with Crippen molar-refractivity contribution in [1.29, 1.82) is 0 Å². The van der Waals surface area contributed by atoms with E-state index in [0.717, 1.165) is 77.0 Å². The van der Waals surface area contributed by atoms with Gasteiger partial charge in [0.15, 0.2) is 6.10 Å². The summed E-state index contributed by atoms with van der Waals surface area (Å²) in [7, 11) is 0. The van der Waals surface area contributed by atoms with E-state index >= 15 is 0 Å². The predicted molar refractivity (Wildman–Crippen MR) is 289 cm³/mol. The zero-order valence-electron chi connectivity index (χ0n) is 44.7. The standard InChI is InChI=1S/C61H110O6/c1-4-7-10-13-16-19-22-24-26-27-28-29-30-31-32-33-34-35-36-38-39-42-45-48-51-54-60(63)66-57-58(56-65-59(62)53-50-47-44-41-21-18-15-12-9-6-3)67-61(64)55-52-49-46-43-40-37-25-23-20-17-14-11-8-5-2/h22-25,27-28,30-31,58H,4-21,26,29,32-57H2,1-3H3/b24-22-,25-23-,28-27-,31-30-. The van der Waals surface area contributed by atoms with Gasteiger partial charge in [0.1, 0.15) is 13.2 Å². The van der Waals surface area contributed by atoms with Crippen molar-refractivity contribution in [3.05, 3.63) is 48.6 Å². The van der Waals surface area contributed by atoms with E-state index in [0.29, 0.717) is 19.3 Å². The maximum Gasteiger partial charge on any atom is 0.306 e. The Morgan fingerprint density at radius 1 is 0.299 bits per heavy atom. The summed E-state index contributed by atoms with van der Waals surface area (Å²) in [5.41, 5.74) is 0. The fraction of sp³-hybridized carbons (Fsp3) is 0.820. The molecule has 0 aromatic carbocycles. The van der Waals surface area contributed by atoms with E-state index < -0.39 is 6.10 Å². The van der Waals surface area contributed by atoms with Crippen molar-refractivity contribution >= 4 is 17.9 Å². The molecule has 0 saturated heterocycles. The number of hydrogen-bond donors (Lipinski definition) is 0. The molecule has 67 heavy (non-hydrogen) atoms. The molecule has 0 aliphatic carbocycles. The smallest absolute Gasteiger partial charge is 0.306 e. The number of hydrogen-bond acceptors (Lipinski definition) is 6. The lowest BCUT2D eigenvalue weighted by molar-refractivity contribution is -0.167. The van der Waals surface area contributed by atoms with E-state index in [9.17, 15) is 14.4 Å². The maximum atomic E-state index is 12.8. The van der Waals surface area contributed by atoms with Crippen LogP contribution in [0.25, 0.3) is 0 Å². The molecule has 1 unspecified atom stereocenters. The molecule has 0 aliphatic rings. The van der Waals surface area contributed by atoms with Crippen molar-refractivity contribution in [1.82, 2.24) is 0 Å². The highest BCUT2D eigenvalue weighted by molar-refractivity contribution is 5.71. The number of allylic oxidation sites excluding steroid dienone is 8. The SMILES string of the molecule is CCCCCCC/C=C\C/C=C\C/C=C\CCCCCCCCCCCCC(=O)OCC(COC(=O)CCCCCCCCCCCC)OC(=O)CCCCCCC/C=C\CCCCCCC. The Morgan fingerprint density at radius 2 is 0.537 bits per heavy atom.